The Morgan fingerprint density at radius 3 is 2.67 bits per heavy atom. The minimum Gasteiger partial charge on any atom is -0.396 e. The average molecular weight is 311 g/mol. The van der Waals surface area contributed by atoms with Crippen LogP contribution >= 0.6 is 15.9 Å². The van der Waals surface area contributed by atoms with Crippen LogP contribution < -0.4 is 0 Å². The molecule has 2 rings (SSSR count). The van der Waals surface area contributed by atoms with Crippen LogP contribution in [0.15, 0.2) is 33.3 Å². The second kappa shape index (κ2) is 6.66. The number of hydrogen-bond acceptors (Lipinski definition) is 4. The van der Waals surface area contributed by atoms with Gasteiger partial charge in [-0.1, -0.05) is 33.2 Å². The van der Waals surface area contributed by atoms with Gasteiger partial charge in [-0.2, -0.15) is 4.98 Å². The van der Waals surface area contributed by atoms with Crippen LogP contribution in [0.1, 0.15) is 30.1 Å². The Morgan fingerprint density at radius 2 is 1.94 bits per heavy atom. The van der Waals surface area contributed by atoms with Crippen LogP contribution in [0.25, 0.3) is 0 Å². The summed E-state index contributed by atoms with van der Waals surface area (Å²) in [7, 11) is 0. The lowest BCUT2D eigenvalue weighted by atomic mass is 10.1. The van der Waals surface area contributed by atoms with Crippen molar-refractivity contribution in [3.05, 3.63) is 46.0 Å². The molecule has 1 aromatic carbocycles. The topological polar surface area (TPSA) is 59.2 Å². The summed E-state index contributed by atoms with van der Waals surface area (Å²) in [6.45, 7) is 0.208. The summed E-state index contributed by atoms with van der Waals surface area (Å²) in [4.78, 5) is 4.33. The molecule has 0 aliphatic carbocycles. The normalized spacial score (nSPS) is 10.8. The van der Waals surface area contributed by atoms with Crippen molar-refractivity contribution in [3.63, 3.8) is 0 Å². The van der Waals surface area contributed by atoms with Gasteiger partial charge in [0, 0.05) is 23.9 Å². The van der Waals surface area contributed by atoms with E-state index in [0.29, 0.717) is 18.1 Å². The van der Waals surface area contributed by atoms with Crippen LogP contribution in [-0.4, -0.2) is 21.9 Å². The summed E-state index contributed by atoms with van der Waals surface area (Å²) >= 11 is 3.40. The third-order valence-electron chi connectivity index (χ3n) is 2.58. The van der Waals surface area contributed by atoms with Gasteiger partial charge in [-0.3, -0.25) is 0 Å². The molecule has 1 N–H and O–H groups in total. The molecule has 0 aliphatic rings. The Bertz CT molecular complexity index is 482. The number of benzene rings is 1. The summed E-state index contributed by atoms with van der Waals surface area (Å²) in [6.07, 6.45) is 3.05. The summed E-state index contributed by atoms with van der Waals surface area (Å²) in [5.41, 5.74) is 1.15. The van der Waals surface area contributed by atoms with Gasteiger partial charge in [-0.15, -0.1) is 0 Å². The smallest absolute Gasteiger partial charge is 0.226 e. The lowest BCUT2D eigenvalue weighted by Crippen LogP contribution is -1.92. The molecule has 0 unspecified atom stereocenters. The summed E-state index contributed by atoms with van der Waals surface area (Å²) in [5.74, 6) is 1.35. The van der Waals surface area contributed by atoms with Crippen molar-refractivity contribution in [1.82, 2.24) is 10.1 Å². The number of aryl methyl sites for hydroxylation is 1. The van der Waals surface area contributed by atoms with Crippen molar-refractivity contribution >= 4 is 15.9 Å². The van der Waals surface area contributed by atoms with Crippen molar-refractivity contribution in [1.29, 1.82) is 0 Å². The third-order valence-corrected chi connectivity index (χ3v) is 3.11. The minimum absolute atomic E-state index is 0.208. The number of halogens is 1. The Morgan fingerprint density at radius 1 is 1.17 bits per heavy atom. The fourth-order valence-electron chi connectivity index (χ4n) is 1.64. The number of rotatable bonds is 6. The Hall–Kier alpha value is -1.20. The molecule has 0 bridgehead atoms. The Kier molecular flexibility index (Phi) is 4.90. The van der Waals surface area contributed by atoms with Gasteiger partial charge in [0.1, 0.15) is 0 Å². The molecule has 0 saturated heterocycles. The van der Waals surface area contributed by atoms with Crippen molar-refractivity contribution in [2.75, 3.05) is 6.61 Å². The van der Waals surface area contributed by atoms with E-state index in [-0.39, 0.29) is 6.61 Å². The molecule has 0 atom stereocenters. The van der Waals surface area contributed by atoms with Gasteiger partial charge in [0.25, 0.3) is 0 Å². The van der Waals surface area contributed by atoms with Crippen LogP contribution in [-0.2, 0) is 12.8 Å². The molecule has 0 saturated carbocycles. The summed E-state index contributed by atoms with van der Waals surface area (Å²) < 4.78 is 6.21. The zero-order chi connectivity index (χ0) is 12.8. The zero-order valence-corrected chi connectivity index (χ0v) is 11.6. The summed E-state index contributed by atoms with van der Waals surface area (Å²) in [6, 6.07) is 8.06. The maximum atomic E-state index is 8.70. The minimum atomic E-state index is 0.208. The Labute approximate surface area is 114 Å². The highest BCUT2D eigenvalue weighted by molar-refractivity contribution is 9.10. The first-order chi connectivity index (χ1) is 8.78. The van der Waals surface area contributed by atoms with Gasteiger partial charge >= 0.3 is 0 Å². The fourth-order valence-corrected chi connectivity index (χ4v) is 1.90. The number of unbranched alkanes of at least 4 members (excludes halogenated alkanes) is 1. The molecule has 0 aliphatic heterocycles. The number of aliphatic hydroxyl groups excluding tert-OH is 1. The molecule has 0 fully saturated rings. The lowest BCUT2D eigenvalue weighted by molar-refractivity contribution is 0.280. The molecule has 18 heavy (non-hydrogen) atoms. The lowest BCUT2D eigenvalue weighted by Gasteiger charge is -1.96. The molecule has 0 spiro atoms. The number of aromatic nitrogens is 2. The second-order valence-corrected chi connectivity index (χ2v) is 5.00. The van der Waals surface area contributed by atoms with Gasteiger partial charge in [-0.05, 0) is 30.5 Å². The molecule has 1 aromatic heterocycles. The van der Waals surface area contributed by atoms with E-state index in [2.05, 4.69) is 26.1 Å². The maximum Gasteiger partial charge on any atom is 0.226 e. The van der Waals surface area contributed by atoms with Crippen LogP contribution in [0.2, 0.25) is 0 Å². The quantitative estimate of drug-likeness (QED) is 0.833. The molecule has 4 nitrogen and oxygen atoms in total. The SMILES string of the molecule is OCCCCc1nc(Cc2ccc(Br)cc2)no1. The molecule has 96 valence electrons. The average Bonchev–Trinajstić information content (AvgIpc) is 2.80. The van der Waals surface area contributed by atoms with E-state index < -0.39 is 0 Å². The van der Waals surface area contributed by atoms with Crippen LogP contribution in [0, 0.1) is 0 Å². The first-order valence-electron chi connectivity index (χ1n) is 5.94. The molecule has 0 radical (unpaired) electrons. The monoisotopic (exact) mass is 310 g/mol. The molecule has 2 aromatic rings. The van der Waals surface area contributed by atoms with Gasteiger partial charge < -0.3 is 9.63 Å². The van der Waals surface area contributed by atoms with E-state index in [1.54, 1.807) is 0 Å². The predicted molar refractivity (Wildman–Crippen MR) is 71.3 cm³/mol. The first kappa shape index (κ1) is 13.2. The third kappa shape index (κ3) is 3.92. The van der Waals surface area contributed by atoms with Crippen LogP contribution in [0.5, 0.6) is 0 Å². The highest BCUT2D eigenvalue weighted by Crippen LogP contribution is 2.13. The molecule has 5 heteroatoms. The van der Waals surface area contributed by atoms with Crippen molar-refractivity contribution in [2.24, 2.45) is 0 Å². The second-order valence-electron chi connectivity index (χ2n) is 4.09. The molecular formula is C13H15BrN2O2. The van der Waals surface area contributed by atoms with E-state index in [1.807, 2.05) is 24.3 Å². The highest BCUT2D eigenvalue weighted by atomic mass is 79.9. The molecular weight excluding hydrogens is 296 g/mol. The zero-order valence-electron chi connectivity index (χ0n) is 9.97. The Balaban J connectivity index is 1.91. The van der Waals surface area contributed by atoms with Crippen molar-refractivity contribution in [2.45, 2.75) is 25.7 Å². The fraction of sp³-hybridized carbons (Fsp3) is 0.385. The van der Waals surface area contributed by atoms with E-state index in [0.717, 1.165) is 29.3 Å². The van der Waals surface area contributed by atoms with E-state index >= 15 is 0 Å². The molecule has 0 amide bonds. The van der Waals surface area contributed by atoms with Crippen LogP contribution in [0.3, 0.4) is 0 Å². The number of nitrogens with zero attached hydrogens (tertiary/aromatic N) is 2. The maximum absolute atomic E-state index is 8.70. The largest absolute Gasteiger partial charge is 0.396 e. The first-order valence-corrected chi connectivity index (χ1v) is 6.74. The van der Waals surface area contributed by atoms with Crippen molar-refractivity contribution < 1.29 is 9.63 Å². The van der Waals surface area contributed by atoms with E-state index in [9.17, 15) is 0 Å². The van der Waals surface area contributed by atoms with E-state index in [4.69, 9.17) is 9.63 Å². The highest BCUT2D eigenvalue weighted by Gasteiger charge is 2.06. The number of aliphatic hydroxyl groups is 1. The standard InChI is InChI=1S/C13H15BrN2O2/c14-11-6-4-10(5-7-11)9-12-15-13(18-16-12)3-1-2-8-17/h4-7,17H,1-3,8-9H2. The van der Waals surface area contributed by atoms with Gasteiger partial charge in [0.05, 0.1) is 0 Å². The van der Waals surface area contributed by atoms with Gasteiger partial charge in [0.2, 0.25) is 5.89 Å². The molecule has 1 heterocycles. The predicted octanol–water partition coefficient (Wildman–Crippen LogP) is 2.74. The van der Waals surface area contributed by atoms with Gasteiger partial charge in [-0.25, -0.2) is 0 Å². The number of hydrogen-bond donors (Lipinski definition) is 1. The summed E-state index contributed by atoms with van der Waals surface area (Å²) in [5, 5.41) is 12.6. The van der Waals surface area contributed by atoms with Crippen molar-refractivity contribution in [3.8, 4) is 0 Å². The van der Waals surface area contributed by atoms with Crippen LogP contribution in [0.4, 0.5) is 0 Å². The van der Waals surface area contributed by atoms with E-state index in [1.165, 1.54) is 0 Å². The van der Waals surface area contributed by atoms with Gasteiger partial charge in [0.15, 0.2) is 5.82 Å².